The molecule has 0 aliphatic heterocycles. The smallest absolute Gasteiger partial charge is 0.306 e. The Morgan fingerprint density at radius 3 is 2.42 bits per heavy atom. The molecule has 36 heavy (non-hydrogen) atoms. The van der Waals surface area contributed by atoms with Gasteiger partial charge in [0.05, 0.1) is 12.5 Å². The van der Waals surface area contributed by atoms with E-state index in [-0.39, 0.29) is 11.8 Å². The minimum Gasteiger partial charge on any atom is -0.481 e. The summed E-state index contributed by atoms with van der Waals surface area (Å²) in [6.45, 7) is 4.86. The van der Waals surface area contributed by atoms with E-state index in [0.717, 1.165) is 66.0 Å². The zero-order chi connectivity index (χ0) is 25.1. The van der Waals surface area contributed by atoms with Crippen LogP contribution in [0, 0.1) is 11.8 Å². The normalized spacial score (nSPS) is 18.0. The van der Waals surface area contributed by atoms with Gasteiger partial charge in [-0.25, -0.2) is 9.67 Å². The number of aliphatic carboxylic acids is 1. The molecule has 0 bridgehead atoms. The molecule has 1 fully saturated rings. The fourth-order valence-electron chi connectivity index (χ4n) is 4.96. The quantitative estimate of drug-likeness (QED) is 0.370. The van der Waals surface area contributed by atoms with Crippen LogP contribution in [0.3, 0.4) is 0 Å². The van der Waals surface area contributed by atoms with E-state index < -0.39 is 5.97 Å². The fourth-order valence-corrected chi connectivity index (χ4v) is 4.96. The van der Waals surface area contributed by atoms with Crippen LogP contribution in [0.1, 0.15) is 62.7 Å². The summed E-state index contributed by atoms with van der Waals surface area (Å²) in [6, 6.07) is 16.5. The van der Waals surface area contributed by atoms with Crippen LogP contribution in [0.5, 0.6) is 0 Å². The average molecular weight is 486 g/mol. The number of carboxylic acids is 1. The van der Waals surface area contributed by atoms with Crippen LogP contribution in [0.15, 0.2) is 48.5 Å². The maximum Gasteiger partial charge on any atom is 0.306 e. The van der Waals surface area contributed by atoms with E-state index in [0.29, 0.717) is 18.3 Å². The number of aromatic nitrogens is 7. The lowest BCUT2D eigenvalue weighted by Gasteiger charge is -2.25. The van der Waals surface area contributed by atoms with E-state index in [4.69, 9.17) is 10.1 Å². The van der Waals surface area contributed by atoms with Crippen molar-refractivity contribution >= 4 is 5.97 Å². The van der Waals surface area contributed by atoms with Crippen LogP contribution in [0.4, 0.5) is 0 Å². The van der Waals surface area contributed by atoms with Crippen LogP contribution in [-0.4, -0.2) is 46.5 Å². The summed E-state index contributed by atoms with van der Waals surface area (Å²) in [5.41, 5.74) is 4.20. The standard InChI is InChI=1S/C27H31N7O2/c1-17(2)25-28-24(15-18-7-13-21(14-8-18)27(35)36)34(31-25)16-19-9-11-20(12-10-19)22-5-3-4-6-23(22)26-29-32-33-30-26/h3-6,9-12,17-18,21H,7-8,13-16H2,1-2H3,(H,35,36)(H,29,30,32,33). The Kier molecular flexibility index (Phi) is 6.88. The summed E-state index contributed by atoms with van der Waals surface area (Å²) in [6.07, 6.45) is 4.18. The summed E-state index contributed by atoms with van der Waals surface area (Å²) in [4.78, 5) is 16.2. The van der Waals surface area contributed by atoms with Crippen molar-refractivity contribution in [3.8, 4) is 22.5 Å². The monoisotopic (exact) mass is 485 g/mol. The SMILES string of the molecule is CC(C)c1nc(CC2CCC(C(=O)O)CC2)n(Cc2ccc(-c3ccccc3-c3nn[nH]n3)cc2)n1. The maximum absolute atomic E-state index is 11.3. The first kappa shape index (κ1) is 23.8. The van der Waals surface area contributed by atoms with Gasteiger partial charge in [-0.2, -0.15) is 10.3 Å². The van der Waals surface area contributed by atoms with Crippen LogP contribution >= 0.6 is 0 Å². The van der Waals surface area contributed by atoms with Gasteiger partial charge in [-0.1, -0.05) is 62.4 Å². The lowest BCUT2D eigenvalue weighted by molar-refractivity contribution is -0.143. The lowest BCUT2D eigenvalue weighted by Crippen LogP contribution is -2.23. The molecule has 9 nitrogen and oxygen atoms in total. The van der Waals surface area contributed by atoms with Crippen LogP contribution in [-0.2, 0) is 17.8 Å². The largest absolute Gasteiger partial charge is 0.481 e. The minimum absolute atomic E-state index is 0.200. The molecule has 2 N–H and O–H groups in total. The minimum atomic E-state index is -0.665. The van der Waals surface area contributed by atoms with Crippen molar-refractivity contribution in [1.82, 2.24) is 35.4 Å². The molecule has 2 heterocycles. The van der Waals surface area contributed by atoms with Gasteiger partial charge in [-0.15, -0.1) is 10.2 Å². The highest BCUT2D eigenvalue weighted by Crippen LogP contribution is 2.32. The Balaban J connectivity index is 1.34. The van der Waals surface area contributed by atoms with E-state index in [9.17, 15) is 9.90 Å². The number of aromatic amines is 1. The zero-order valence-corrected chi connectivity index (χ0v) is 20.6. The van der Waals surface area contributed by atoms with Crippen molar-refractivity contribution in [1.29, 1.82) is 0 Å². The molecule has 1 aliphatic carbocycles. The molecule has 2 aromatic heterocycles. The summed E-state index contributed by atoms with van der Waals surface area (Å²) in [5.74, 6) is 2.25. The van der Waals surface area contributed by atoms with Crippen molar-refractivity contribution in [2.24, 2.45) is 11.8 Å². The highest BCUT2D eigenvalue weighted by atomic mass is 16.4. The second kappa shape index (κ2) is 10.4. The van der Waals surface area contributed by atoms with Gasteiger partial charge in [0.25, 0.3) is 0 Å². The molecule has 2 aromatic carbocycles. The number of carboxylic acid groups (broad SMARTS) is 1. The second-order valence-corrected chi connectivity index (χ2v) is 9.94. The summed E-state index contributed by atoms with van der Waals surface area (Å²) < 4.78 is 2.03. The maximum atomic E-state index is 11.3. The Hall–Kier alpha value is -3.88. The van der Waals surface area contributed by atoms with Gasteiger partial charge in [0.1, 0.15) is 5.82 Å². The predicted molar refractivity (Wildman–Crippen MR) is 135 cm³/mol. The molecular weight excluding hydrogens is 454 g/mol. The number of nitrogens with one attached hydrogen (secondary N) is 1. The first-order valence-electron chi connectivity index (χ1n) is 12.6. The van der Waals surface area contributed by atoms with Gasteiger partial charge in [-0.05, 0) is 53.5 Å². The molecule has 1 aliphatic rings. The highest BCUT2D eigenvalue weighted by molar-refractivity contribution is 5.80. The van der Waals surface area contributed by atoms with Gasteiger partial charge in [0.2, 0.25) is 5.82 Å². The van der Waals surface area contributed by atoms with Gasteiger partial charge in [0.15, 0.2) is 5.82 Å². The van der Waals surface area contributed by atoms with Gasteiger partial charge < -0.3 is 5.11 Å². The van der Waals surface area contributed by atoms with Crippen molar-refractivity contribution in [3.05, 3.63) is 65.7 Å². The van der Waals surface area contributed by atoms with Gasteiger partial charge >= 0.3 is 5.97 Å². The first-order valence-corrected chi connectivity index (χ1v) is 12.6. The molecule has 0 saturated heterocycles. The molecule has 0 spiro atoms. The highest BCUT2D eigenvalue weighted by Gasteiger charge is 2.27. The second-order valence-electron chi connectivity index (χ2n) is 9.94. The fraction of sp³-hybridized carbons (Fsp3) is 0.407. The number of carbonyl (C=O) groups is 1. The van der Waals surface area contributed by atoms with E-state index in [1.54, 1.807) is 0 Å². The number of hydrogen-bond donors (Lipinski definition) is 2. The molecule has 0 unspecified atom stereocenters. The van der Waals surface area contributed by atoms with Crippen molar-refractivity contribution < 1.29 is 9.90 Å². The van der Waals surface area contributed by atoms with Crippen molar-refractivity contribution in [2.75, 3.05) is 0 Å². The van der Waals surface area contributed by atoms with E-state index in [2.05, 4.69) is 64.8 Å². The lowest BCUT2D eigenvalue weighted by atomic mass is 9.80. The number of rotatable bonds is 8. The molecule has 1 saturated carbocycles. The molecule has 5 rings (SSSR count). The zero-order valence-electron chi connectivity index (χ0n) is 20.6. The number of hydrogen-bond acceptors (Lipinski definition) is 6. The Morgan fingerprint density at radius 2 is 1.78 bits per heavy atom. The molecule has 0 atom stereocenters. The van der Waals surface area contributed by atoms with Gasteiger partial charge in [-0.3, -0.25) is 4.79 Å². The van der Waals surface area contributed by atoms with Crippen molar-refractivity contribution in [2.45, 2.75) is 58.4 Å². The predicted octanol–water partition coefficient (Wildman–Crippen LogP) is 4.73. The van der Waals surface area contributed by atoms with Crippen LogP contribution in [0.2, 0.25) is 0 Å². The molecule has 9 heteroatoms. The Morgan fingerprint density at radius 1 is 1.06 bits per heavy atom. The Bertz CT molecular complexity index is 1300. The summed E-state index contributed by atoms with van der Waals surface area (Å²) in [5, 5.41) is 28.6. The van der Waals surface area contributed by atoms with E-state index in [1.807, 2.05) is 22.9 Å². The van der Waals surface area contributed by atoms with E-state index >= 15 is 0 Å². The molecule has 4 aromatic rings. The third kappa shape index (κ3) is 5.19. The number of nitrogens with zero attached hydrogens (tertiary/aromatic N) is 6. The average Bonchev–Trinajstić information content (AvgIpc) is 3.56. The topological polar surface area (TPSA) is 122 Å². The third-order valence-corrected chi connectivity index (χ3v) is 7.06. The summed E-state index contributed by atoms with van der Waals surface area (Å²) >= 11 is 0. The number of tetrazole rings is 1. The molecule has 0 amide bonds. The molecule has 186 valence electrons. The van der Waals surface area contributed by atoms with Crippen LogP contribution in [0.25, 0.3) is 22.5 Å². The summed E-state index contributed by atoms with van der Waals surface area (Å²) in [7, 11) is 0. The number of H-pyrrole nitrogens is 1. The Labute approximate surface area is 210 Å². The van der Waals surface area contributed by atoms with Crippen molar-refractivity contribution in [3.63, 3.8) is 0 Å². The first-order chi connectivity index (χ1) is 17.5. The molecular formula is C27H31N7O2. The number of benzene rings is 2. The van der Waals surface area contributed by atoms with Crippen LogP contribution < -0.4 is 0 Å². The third-order valence-electron chi connectivity index (χ3n) is 7.06. The van der Waals surface area contributed by atoms with Gasteiger partial charge in [0, 0.05) is 17.9 Å². The molecule has 0 radical (unpaired) electrons. The van der Waals surface area contributed by atoms with E-state index in [1.165, 1.54) is 0 Å².